The van der Waals surface area contributed by atoms with Gasteiger partial charge in [-0.2, -0.15) is 0 Å². The van der Waals surface area contributed by atoms with Gasteiger partial charge >= 0.3 is 0 Å². The maximum absolute atomic E-state index is 12.7. The number of hydrogen-bond acceptors (Lipinski definition) is 3. The zero-order valence-electron chi connectivity index (χ0n) is 14.7. The summed E-state index contributed by atoms with van der Waals surface area (Å²) in [7, 11) is 3.78. The number of nitrogens with one attached hydrogen (secondary N) is 1. The van der Waals surface area contributed by atoms with Crippen molar-refractivity contribution in [3.05, 3.63) is 70.2 Å². The Morgan fingerprint density at radius 2 is 1.88 bits per heavy atom. The average molecular weight is 405 g/mol. The van der Waals surface area contributed by atoms with Crippen molar-refractivity contribution in [2.45, 2.75) is 12.5 Å². The Kier molecular flexibility index (Phi) is 7.62. The van der Waals surface area contributed by atoms with Gasteiger partial charge in [0.1, 0.15) is 6.04 Å². The molecule has 25 heavy (non-hydrogen) atoms. The summed E-state index contributed by atoms with van der Waals surface area (Å²) in [5, 5.41) is 12.7. The van der Waals surface area contributed by atoms with Crippen LogP contribution < -0.4 is 5.32 Å². The molecule has 2 aromatic carbocycles. The quantitative estimate of drug-likeness (QED) is 0.710. The number of aliphatic hydroxyl groups excluding tert-OH is 1. The third-order valence-electron chi connectivity index (χ3n) is 4.12. The fourth-order valence-electron chi connectivity index (χ4n) is 2.86. The van der Waals surface area contributed by atoms with Crippen LogP contribution in [0, 0.1) is 5.92 Å². The van der Waals surface area contributed by atoms with Crippen LogP contribution in [0.25, 0.3) is 0 Å². The molecule has 2 rings (SSSR count). The second kappa shape index (κ2) is 9.70. The van der Waals surface area contributed by atoms with E-state index in [-0.39, 0.29) is 24.5 Å². The van der Waals surface area contributed by atoms with Crippen molar-refractivity contribution in [2.24, 2.45) is 5.92 Å². The second-order valence-corrected chi connectivity index (χ2v) is 7.32. The number of likely N-dealkylation sites (N-methyl/N-ethyl adjacent to an activating group) is 1. The molecule has 0 spiro atoms. The lowest BCUT2D eigenvalue weighted by Gasteiger charge is -2.25. The molecule has 5 heteroatoms. The third kappa shape index (κ3) is 5.96. The molecule has 0 bridgehead atoms. The summed E-state index contributed by atoms with van der Waals surface area (Å²) in [5.41, 5.74) is 2.09. The van der Waals surface area contributed by atoms with Crippen molar-refractivity contribution in [1.29, 1.82) is 0 Å². The highest BCUT2D eigenvalue weighted by Crippen LogP contribution is 2.19. The molecule has 2 atom stereocenters. The molecule has 0 aliphatic heterocycles. The first-order chi connectivity index (χ1) is 12.0. The summed E-state index contributed by atoms with van der Waals surface area (Å²) in [5.74, 6) is -0.0688. The van der Waals surface area contributed by atoms with Gasteiger partial charge < -0.3 is 10.4 Å². The van der Waals surface area contributed by atoms with Crippen molar-refractivity contribution in [3.63, 3.8) is 0 Å². The third-order valence-corrected chi connectivity index (χ3v) is 4.61. The molecule has 2 unspecified atom stereocenters. The Labute approximate surface area is 158 Å². The molecule has 0 radical (unpaired) electrons. The molecule has 2 aromatic rings. The Hall–Kier alpha value is -1.69. The van der Waals surface area contributed by atoms with E-state index >= 15 is 0 Å². The zero-order chi connectivity index (χ0) is 18.2. The number of amides is 1. The molecule has 0 aliphatic rings. The molecular weight excluding hydrogens is 380 g/mol. The highest BCUT2D eigenvalue weighted by atomic mass is 79.9. The van der Waals surface area contributed by atoms with Crippen molar-refractivity contribution < 1.29 is 9.90 Å². The summed E-state index contributed by atoms with van der Waals surface area (Å²) in [6.45, 7) is 0.476. The van der Waals surface area contributed by atoms with Gasteiger partial charge in [0.25, 0.3) is 0 Å². The van der Waals surface area contributed by atoms with Gasteiger partial charge in [0, 0.05) is 23.5 Å². The van der Waals surface area contributed by atoms with Gasteiger partial charge in [-0.15, -0.1) is 0 Å². The number of rotatable bonds is 8. The first-order valence-electron chi connectivity index (χ1n) is 8.35. The van der Waals surface area contributed by atoms with E-state index in [2.05, 4.69) is 21.2 Å². The maximum Gasteiger partial charge on any atom is 0.241 e. The molecule has 0 saturated carbocycles. The van der Waals surface area contributed by atoms with Gasteiger partial charge in [0.15, 0.2) is 0 Å². The monoisotopic (exact) mass is 404 g/mol. The predicted octanol–water partition coefficient (Wildman–Crippen LogP) is 3.02. The summed E-state index contributed by atoms with van der Waals surface area (Å²) >= 11 is 3.46. The van der Waals surface area contributed by atoms with Crippen molar-refractivity contribution >= 4 is 21.8 Å². The van der Waals surface area contributed by atoms with Crippen LogP contribution in [0.1, 0.15) is 17.2 Å². The van der Waals surface area contributed by atoms with Gasteiger partial charge in [-0.05, 0) is 43.8 Å². The van der Waals surface area contributed by atoms with E-state index in [1.807, 2.05) is 73.6 Å². The van der Waals surface area contributed by atoms with Gasteiger partial charge in [-0.25, -0.2) is 0 Å². The summed E-state index contributed by atoms with van der Waals surface area (Å²) in [6.07, 6.45) is 0.716. The summed E-state index contributed by atoms with van der Waals surface area (Å²) in [4.78, 5) is 14.6. The number of halogens is 1. The Balaban J connectivity index is 1.98. The zero-order valence-corrected chi connectivity index (χ0v) is 16.2. The van der Waals surface area contributed by atoms with Gasteiger partial charge in [0.05, 0.1) is 0 Å². The Bertz CT molecular complexity index is 676. The minimum Gasteiger partial charge on any atom is -0.396 e. The molecule has 0 aliphatic carbocycles. The second-order valence-electron chi connectivity index (χ2n) is 6.40. The van der Waals surface area contributed by atoms with Crippen LogP contribution in [0.5, 0.6) is 0 Å². The molecule has 1 amide bonds. The molecule has 4 nitrogen and oxygen atoms in total. The number of carbonyl (C=O) groups excluding carboxylic acids is 1. The van der Waals surface area contributed by atoms with E-state index in [4.69, 9.17) is 0 Å². The van der Waals surface area contributed by atoms with Crippen LogP contribution >= 0.6 is 15.9 Å². The normalized spacial score (nSPS) is 13.5. The van der Waals surface area contributed by atoms with Crippen LogP contribution in [0.4, 0.5) is 0 Å². The van der Waals surface area contributed by atoms with Crippen molar-refractivity contribution in [3.8, 4) is 0 Å². The average Bonchev–Trinajstić information content (AvgIpc) is 2.59. The largest absolute Gasteiger partial charge is 0.396 e. The molecule has 2 N–H and O–H groups in total. The van der Waals surface area contributed by atoms with E-state index in [1.54, 1.807) is 0 Å². The summed E-state index contributed by atoms with van der Waals surface area (Å²) < 4.78 is 1.02. The number of nitrogens with zero attached hydrogens (tertiary/aromatic N) is 1. The fraction of sp³-hybridized carbons (Fsp3) is 0.350. The predicted molar refractivity (Wildman–Crippen MR) is 104 cm³/mol. The SMILES string of the molecule is CN(C)C(C(=O)NCC(CO)Cc1cccc(Br)c1)c1ccccc1. The summed E-state index contributed by atoms with van der Waals surface area (Å²) in [6, 6.07) is 17.4. The molecule has 0 heterocycles. The van der Waals surface area contributed by atoms with E-state index in [1.165, 1.54) is 0 Å². The number of aliphatic hydroxyl groups is 1. The van der Waals surface area contributed by atoms with E-state index in [0.717, 1.165) is 15.6 Å². The highest BCUT2D eigenvalue weighted by Gasteiger charge is 2.23. The lowest BCUT2D eigenvalue weighted by Crippen LogP contribution is -2.40. The van der Waals surface area contributed by atoms with Crippen LogP contribution in [0.2, 0.25) is 0 Å². The van der Waals surface area contributed by atoms with Gasteiger partial charge in [-0.1, -0.05) is 58.4 Å². The minimum atomic E-state index is -0.341. The van der Waals surface area contributed by atoms with Crippen molar-refractivity contribution in [1.82, 2.24) is 10.2 Å². The first kappa shape index (κ1) is 19.6. The van der Waals surface area contributed by atoms with Crippen LogP contribution in [-0.2, 0) is 11.2 Å². The van der Waals surface area contributed by atoms with Crippen LogP contribution in [0.15, 0.2) is 59.1 Å². The Morgan fingerprint density at radius 1 is 1.16 bits per heavy atom. The van der Waals surface area contributed by atoms with Crippen LogP contribution in [-0.4, -0.2) is 43.2 Å². The fourth-order valence-corrected chi connectivity index (χ4v) is 3.31. The molecule has 134 valence electrons. The van der Waals surface area contributed by atoms with Crippen LogP contribution in [0.3, 0.4) is 0 Å². The van der Waals surface area contributed by atoms with Gasteiger partial charge in [-0.3, -0.25) is 9.69 Å². The lowest BCUT2D eigenvalue weighted by molar-refractivity contribution is -0.126. The highest BCUT2D eigenvalue weighted by molar-refractivity contribution is 9.10. The molecule has 0 aromatic heterocycles. The van der Waals surface area contributed by atoms with E-state index < -0.39 is 0 Å². The number of benzene rings is 2. The minimum absolute atomic E-state index is 0.0168. The van der Waals surface area contributed by atoms with E-state index in [0.29, 0.717) is 13.0 Å². The molecule has 0 fully saturated rings. The Morgan fingerprint density at radius 3 is 2.48 bits per heavy atom. The first-order valence-corrected chi connectivity index (χ1v) is 9.15. The maximum atomic E-state index is 12.7. The standard InChI is InChI=1S/C20H25BrN2O2/c1-23(2)19(17-8-4-3-5-9-17)20(25)22-13-16(14-24)11-15-7-6-10-18(21)12-15/h3-10,12,16,19,24H,11,13-14H2,1-2H3,(H,22,25). The lowest BCUT2D eigenvalue weighted by atomic mass is 9.99. The van der Waals surface area contributed by atoms with Gasteiger partial charge in [0.2, 0.25) is 5.91 Å². The smallest absolute Gasteiger partial charge is 0.241 e. The van der Waals surface area contributed by atoms with E-state index in [9.17, 15) is 9.90 Å². The topological polar surface area (TPSA) is 52.6 Å². The number of hydrogen-bond donors (Lipinski definition) is 2. The molecular formula is C20H25BrN2O2. The van der Waals surface area contributed by atoms with Crippen molar-refractivity contribution in [2.75, 3.05) is 27.2 Å². The number of carbonyl (C=O) groups is 1. The molecule has 0 saturated heterocycles.